The lowest BCUT2D eigenvalue weighted by molar-refractivity contribution is 1.33. The summed E-state index contributed by atoms with van der Waals surface area (Å²) in [7, 11) is 0. The third kappa shape index (κ3) is 1.97. The van der Waals surface area contributed by atoms with Crippen molar-refractivity contribution >= 4 is 37.7 Å². The number of aryl methyl sites for hydroxylation is 2. The maximum absolute atomic E-state index is 5.76. The molecule has 0 aliphatic rings. The van der Waals surface area contributed by atoms with E-state index in [-0.39, 0.29) is 0 Å². The molecule has 0 bridgehead atoms. The van der Waals surface area contributed by atoms with Crippen molar-refractivity contribution in [1.29, 1.82) is 0 Å². The standard InChI is InChI=1S/C16H14N4S/c1-8-5-9(2)14-12(6-8)18-15(20-14)10-3-4-11-13(7-10)21-16(17)19-11/h3-7H,1-2H3,(H2,17,19)(H,18,20). The van der Waals surface area contributed by atoms with Crippen LogP contribution in [-0.2, 0) is 0 Å². The van der Waals surface area contributed by atoms with Crippen LogP contribution in [0.25, 0.3) is 32.6 Å². The van der Waals surface area contributed by atoms with Gasteiger partial charge in [0.15, 0.2) is 5.13 Å². The molecule has 0 aliphatic heterocycles. The van der Waals surface area contributed by atoms with E-state index in [1.54, 1.807) is 0 Å². The molecule has 0 saturated heterocycles. The summed E-state index contributed by atoms with van der Waals surface area (Å²) in [6.07, 6.45) is 0. The maximum Gasteiger partial charge on any atom is 0.181 e. The number of hydrogen-bond acceptors (Lipinski definition) is 4. The quantitative estimate of drug-likeness (QED) is 0.556. The molecule has 104 valence electrons. The molecule has 4 rings (SSSR count). The Bertz CT molecular complexity index is 981. The highest BCUT2D eigenvalue weighted by molar-refractivity contribution is 7.22. The predicted molar refractivity (Wildman–Crippen MR) is 88.6 cm³/mol. The summed E-state index contributed by atoms with van der Waals surface area (Å²) >= 11 is 1.50. The van der Waals surface area contributed by atoms with Crippen LogP contribution in [0.4, 0.5) is 5.13 Å². The summed E-state index contributed by atoms with van der Waals surface area (Å²) in [6.45, 7) is 4.19. The number of nitrogen functional groups attached to an aromatic ring is 1. The number of nitrogens with zero attached hydrogens (tertiary/aromatic N) is 2. The minimum absolute atomic E-state index is 0.596. The number of thiazole rings is 1. The van der Waals surface area contributed by atoms with Gasteiger partial charge in [-0.15, -0.1) is 0 Å². The number of fused-ring (bicyclic) bond motifs is 2. The normalized spacial score (nSPS) is 11.5. The van der Waals surface area contributed by atoms with E-state index in [1.807, 2.05) is 12.1 Å². The summed E-state index contributed by atoms with van der Waals surface area (Å²) in [5.74, 6) is 0.882. The van der Waals surface area contributed by atoms with Gasteiger partial charge >= 0.3 is 0 Å². The first-order chi connectivity index (χ1) is 10.1. The Kier molecular flexibility index (Phi) is 2.53. The third-order valence-corrected chi connectivity index (χ3v) is 4.45. The van der Waals surface area contributed by atoms with Gasteiger partial charge in [0.2, 0.25) is 0 Å². The van der Waals surface area contributed by atoms with Gasteiger partial charge in [0.05, 0.1) is 21.3 Å². The van der Waals surface area contributed by atoms with Crippen molar-refractivity contribution < 1.29 is 0 Å². The van der Waals surface area contributed by atoms with Crippen LogP contribution in [0.3, 0.4) is 0 Å². The van der Waals surface area contributed by atoms with Gasteiger partial charge in [-0.3, -0.25) is 0 Å². The van der Waals surface area contributed by atoms with Crippen molar-refractivity contribution in [1.82, 2.24) is 15.0 Å². The number of nitrogens with one attached hydrogen (secondary N) is 1. The van der Waals surface area contributed by atoms with E-state index in [2.05, 4.69) is 42.0 Å². The molecule has 0 spiro atoms. The monoisotopic (exact) mass is 294 g/mol. The van der Waals surface area contributed by atoms with Gasteiger partial charge in [-0.05, 0) is 49.2 Å². The number of hydrogen-bond donors (Lipinski definition) is 2. The first-order valence-corrected chi connectivity index (χ1v) is 7.55. The Labute approximate surface area is 125 Å². The molecular weight excluding hydrogens is 280 g/mol. The molecule has 21 heavy (non-hydrogen) atoms. The van der Waals surface area contributed by atoms with Crippen LogP contribution in [-0.4, -0.2) is 15.0 Å². The second kappa shape index (κ2) is 4.30. The average molecular weight is 294 g/mol. The van der Waals surface area contributed by atoms with Crippen LogP contribution >= 0.6 is 11.3 Å². The first kappa shape index (κ1) is 12.3. The zero-order valence-corrected chi connectivity index (χ0v) is 12.6. The van der Waals surface area contributed by atoms with E-state index < -0.39 is 0 Å². The maximum atomic E-state index is 5.76. The summed E-state index contributed by atoms with van der Waals surface area (Å²) in [5.41, 5.74) is 12.3. The van der Waals surface area contributed by atoms with Crippen LogP contribution in [0.2, 0.25) is 0 Å². The molecular formula is C16H14N4S. The molecule has 2 aromatic heterocycles. The lowest BCUT2D eigenvalue weighted by Crippen LogP contribution is -1.81. The summed E-state index contributed by atoms with van der Waals surface area (Å²) < 4.78 is 1.08. The highest BCUT2D eigenvalue weighted by Crippen LogP contribution is 2.29. The molecule has 0 saturated carbocycles. The summed E-state index contributed by atoms with van der Waals surface area (Å²) in [5, 5.41) is 0.596. The fraction of sp³-hybridized carbons (Fsp3) is 0.125. The number of imidazole rings is 1. The van der Waals surface area contributed by atoms with Gasteiger partial charge in [0, 0.05) is 5.56 Å². The predicted octanol–water partition coefficient (Wildman–Crippen LogP) is 4.04. The molecule has 0 atom stereocenters. The van der Waals surface area contributed by atoms with Gasteiger partial charge in [-0.2, -0.15) is 0 Å². The molecule has 0 radical (unpaired) electrons. The number of aromatic nitrogens is 3. The largest absolute Gasteiger partial charge is 0.375 e. The van der Waals surface area contributed by atoms with Crippen LogP contribution in [0.1, 0.15) is 11.1 Å². The minimum atomic E-state index is 0.596. The first-order valence-electron chi connectivity index (χ1n) is 6.73. The van der Waals surface area contributed by atoms with E-state index in [0.29, 0.717) is 5.13 Å². The Morgan fingerprint density at radius 3 is 2.81 bits per heavy atom. The zero-order chi connectivity index (χ0) is 14.6. The van der Waals surface area contributed by atoms with E-state index >= 15 is 0 Å². The van der Waals surface area contributed by atoms with E-state index in [1.165, 1.54) is 22.5 Å². The number of anilines is 1. The van der Waals surface area contributed by atoms with Gasteiger partial charge in [-0.1, -0.05) is 17.4 Å². The molecule has 0 fully saturated rings. The molecule has 4 nitrogen and oxygen atoms in total. The van der Waals surface area contributed by atoms with Gasteiger partial charge < -0.3 is 10.7 Å². The lowest BCUT2D eigenvalue weighted by atomic mass is 10.1. The van der Waals surface area contributed by atoms with Gasteiger partial charge in [0.25, 0.3) is 0 Å². The summed E-state index contributed by atoms with van der Waals surface area (Å²) in [6, 6.07) is 10.4. The van der Waals surface area contributed by atoms with Crippen molar-refractivity contribution in [2.24, 2.45) is 0 Å². The highest BCUT2D eigenvalue weighted by atomic mass is 32.1. The number of aromatic amines is 1. The second-order valence-corrected chi connectivity index (χ2v) is 6.36. The van der Waals surface area contributed by atoms with Crippen molar-refractivity contribution in [2.75, 3.05) is 5.73 Å². The number of H-pyrrole nitrogens is 1. The Hall–Kier alpha value is -2.40. The van der Waals surface area contributed by atoms with Crippen LogP contribution in [0.5, 0.6) is 0 Å². The second-order valence-electron chi connectivity index (χ2n) is 5.30. The Morgan fingerprint density at radius 1 is 1.10 bits per heavy atom. The molecule has 2 aromatic carbocycles. The summed E-state index contributed by atoms with van der Waals surface area (Å²) in [4.78, 5) is 12.4. The number of nitrogens with two attached hydrogens (primary N) is 1. The van der Waals surface area contributed by atoms with Crippen molar-refractivity contribution in [3.05, 3.63) is 41.5 Å². The van der Waals surface area contributed by atoms with Crippen molar-refractivity contribution in [2.45, 2.75) is 13.8 Å². The Morgan fingerprint density at radius 2 is 1.95 bits per heavy atom. The molecule has 0 amide bonds. The highest BCUT2D eigenvalue weighted by Gasteiger charge is 2.10. The zero-order valence-electron chi connectivity index (χ0n) is 11.8. The fourth-order valence-electron chi connectivity index (χ4n) is 2.70. The van der Waals surface area contributed by atoms with Crippen LogP contribution < -0.4 is 5.73 Å². The lowest BCUT2D eigenvalue weighted by Gasteiger charge is -1.96. The Balaban J connectivity index is 1.92. The van der Waals surface area contributed by atoms with Gasteiger partial charge in [0.1, 0.15) is 5.82 Å². The number of rotatable bonds is 1. The van der Waals surface area contributed by atoms with Crippen molar-refractivity contribution in [3.63, 3.8) is 0 Å². The molecule has 0 aliphatic carbocycles. The topological polar surface area (TPSA) is 67.6 Å². The molecule has 0 unspecified atom stereocenters. The van der Waals surface area contributed by atoms with E-state index in [9.17, 15) is 0 Å². The molecule has 4 aromatic rings. The average Bonchev–Trinajstić information content (AvgIpc) is 2.99. The smallest absolute Gasteiger partial charge is 0.181 e. The molecule has 5 heteroatoms. The van der Waals surface area contributed by atoms with Crippen LogP contribution in [0, 0.1) is 13.8 Å². The number of benzene rings is 2. The van der Waals surface area contributed by atoms with Gasteiger partial charge in [-0.25, -0.2) is 9.97 Å². The minimum Gasteiger partial charge on any atom is -0.375 e. The van der Waals surface area contributed by atoms with E-state index in [0.717, 1.165) is 32.6 Å². The van der Waals surface area contributed by atoms with Crippen molar-refractivity contribution in [3.8, 4) is 11.4 Å². The fourth-order valence-corrected chi connectivity index (χ4v) is 3.47. The van der Waals surface area contributed by atoms with Crippen LogP contribution in [0.15, 0.2) is 30.3 Å². The SMILES string of the molecule is Cc1cc(C)c2nc(-c3ccc4nc(N)sc4c3)[nH]c2c1. The molecule has 3 N–H and O–H groups in total. The third-order valence-electron chi connectivity index (χ3n) is 3.60. The molecule has 2 heterocycles. The van der Waals surface area contributed by atoms with E-state index in [4.69, 9.17) is 10.7 Å².